The molecule has 2 N–H and O–H groups in total. The van der Waals surface area contributed by atoms with E-state index < -0.39 is 6.09 Å². The number of nitrogens with zero attached hydrogens (tertiary/aromatic N) is 2. The van der Waals surface area contributed by atoms with E-state index in [9.17, 15) is 4.79 Å². The van der Waals surface area contributed by atoms with Crippen LogP contribution in [-0.4, -0.2) is 40.1 Å². The third-order valence-electron chi connectivity index (χ3n) is 3.02. The number of hydrogen-bond acceptors (Lipinski definition) is 3. The van der Waals surface area contributed by atoms with Crippen molar-refractivity contribution in [2.75, 3.05) is 13.1 Å². The lowest BCUT2D eigenvalue weighted by atomic mass is 9.96. The first-order chi connectivity index (χ1) is 8.22. The van der Waals surface area contributed by atoms with Gasteiger partial charge in [0, 0.05) is 19.0 Å². The van der Waals surface area contributed by atoms with Gasteiger partial charge in [-0.1, -0.05) is 35.5 Å². The minimum atomic E-state index is -0.919. The Morgan fingerprint density at radius 1 is 1.35 bits per heavy atom. The molecular formula is C12H14N2O3. The molecule has 1 aromatic rings. The van der Waals surface area contributed by atoms with Gasteiger partial charge in [-0.2, -0.15) is 0 Å². The summed E-state index contributed by atoms with van der Waals surface area (Å²) in [4.78, 5) is 12.2. The maximum absolute atomic E-state index is 10.8. The molecule has 17 heavy (non-hydrogen) atoms. The molecule has 1 atom stereocenters. The number of hydrogen-bond donors (Lipinski definition) is 2. The molecule has 0 bridgehead atoms. The van der Waals surface area contributed by atoms with E-state index in [-0.39, 0.29) is 5.92 Å². The zero-order valence-corrected chi connectivity index (χ0v) is 9.28. The van der Waals surface area contributed by atoms with Gasteiger partial charge in [-0.3, -0.25) is 0 Å². The number of likely N-dealkylation sites (tertiary alicyclic amines) is 1. The predicted octanol–water partition coefficient (Wildman–Crippen LogP) is 1.86. The second-order valence-corrected chi connectivity index (χ2v) is 4.07. The summed E-state index contributed by atoms with van der Waals surface area (Å²) in [5.74, 6) is -0.0292. The van der Waals surface area contributed by atoms with E-state index in [1.54, 1.807) is 0 Å². The Bertz CT molecular complexity index is 431. The van der Waals surface area contributed by atoms with Crippen LogP contribution in [0.3, 0.4) is 0 Å². The van der Waals surface area contributed by atoms with E-state index in [0.29, 0.717) is 25.2 Å². The van der Waals surface area contributed by atoms with E-state index >= 15 is 0 Å². The van der Waals surface area contributed by atoms with Gasteiger partial charge >= 0.3 is 6.09 Å². The van der Waals surface area contributed by atoms with Crippen molar-refractivity contribution < 1.29 is 15.1 Å². The largest absolute Gasteiger partial charge is 0.465 e. The molecule has 5 nitrogen and oxygen atoms in total. The monoisotopic (exact) mass is 234 g/mol. The van der Waals surface area contributed by atoms with Crippen LogP contribution in [0.5, 0.6) is 0 Å². The van der Waals surface area contributed by atoms with E-state index in [4.69, 9.17) is 10.3 Å². The first kappa shape index (κ1) is 11.4. The zero-order valence-electron chi connectivity index (χ0n) is 9.28. The van der Waals surface area contributed by atoms with Crippen LogP contribution in [0.25, 0.3) is 0 Å². The first-order valence-corrected chi connectivity index (χ1v) is 5.47. The van der Waals surface area contributed by atoms with Gasteiger partial charge in [0.25, 0.3) is 0 Å². The van der Waals surface area contributed by atoms with Gasteiger partial charge in [0.15, 0.2) is 0 Å². The number of carbonyl (C=O) groups is 1. The summed E-state index contributed by atoms with van der Waals surface area (Å²) in [5, 5.41) is 21.3. The summed E-state index contributed by atoms with van der Waals surface area (Å²) in [7, 11) is 0. The summed E-state index contributed by atoms with van der Waals surface area (Å²) in [5.41, 5.74) is 1.40. The van der Waals surface area contributed by atoms with Crippen LogP contribution < -0.4 is 0 Å². The van der Waals surface area contributed by atoms with Gasteiger partial charge in [-0.15, -0.1) is 0 Å². The van der Waals surface area contributed by atoms with Crippen molar-refractivity contribution in [3.05, 3.63) is 35.9 Å². The average Bonchev–Trinajstić information content (AvgIpc) is 2.81. The van der Waals surface area contributed by atoms with Crippen LogP contribution in [0, 0.1) is 5.92 Å². The fraction of sp³-hybridized carbons (Fsp3) is 0.333. The van der Waals surface area contributed by atoms with Crippen LogP contribution >= 0.6 is 0 Å². The zero-order chi connectivity index (χ0) is 12.3. The molecule has 1 heterocycles. The fourth-order valence-corrected chi connectivity index (χ4v) is 2.14. The molecule has 0 spiro atoms. The molecular weight excluding hydrogens is 220 g/mol. The average molecular weight is 234 g/mol. The summed E-state index contributed by atoms with van der Waals surface area (Å²) < 4.78 is 0. The normalized spacial score (nSPS) is 20.6. The van der Waals surface area contributed by atoms with Crippen molar-refractivity contribution in [1.29, 1.82) is 0 Å². The summed E-state index contributed by atoms with van der Waals surface area (Å²) in [6.45, 7) is 0.884. The topological polar surface area (TPSA) is 73.1 Å². The van der Waals surface area contributed by atoms with Crippen LogP contribution in [0.2, 0.25) is 0 Å². The molecule has 1 aliphatic rings. The lowest BCUT2D eigenvalue weighted by Gasteiger charge is -2.13. The summed E-state index contributed by atoms with van der Waals surface area (Å²) in [6.07, 6.45) is -0.224. The van der Waals surface area contributed by atoms with Gasteiger partial charge in [0.1, 0.15) is 0 Å². The van der Waals surface area contributed by atoms with Crippen molar-refractivity contribution in [1.82, 2.24) is 4.90 Å². The van der Waals surface area contributed by atoms with Crippen molar-refractivity contribution >= 4 is 11.8 Å². The molecule has 1 aliphatic heterocycles. The van der Waals surface area contributed by atoms with E-state index in [0.717, 1.165) is 5.56 Å². The van der Waals surface area contributed by atoms with Crippen molar-refractivity contribution in [3.63, 3.8) is 0 Å². The van der Waals surface area contributed by atoms with Crippen LogP contribution in [0.4, 0.5) is 4.79 Å². The summed E-state index contributed by atoms with van der Waals surface area (Å²) >= 11 is 0. The van der Waals surface area contributed by atoms with Crippen molar-refractivity contribution in [3.8, 4) is 0 Å². The lowest BCUT2D eigenvalue weighted by molar-refractivity contribution is 0.155. The highest BCUT2D eigenvalue weighted by Crippen LogP contribution is 2.21. The highest BCUT2D eigenvalue weighted by atomic mass is 16.4. The van der Waals surface area contributed by atoms with Gasteiger partial charge in [-0.25, -0.2) is 4.79 Å². The molecule has 2 rings (SSSR count). The van der Waals surface area contributed by atoms with Crippen LogP contribution in [-0.2, 0) is 0 Å². The molecule has 1 saturated heterocycles. The minimum absolute atomic E-state index is 0.0292. The smallest absolute Gasteiger partial charge is 0.407 e. The maximum Gasteiger partial charge on any atom is 0.407 e. The van der Waals surface area contributed by atoms with Crippen molar-refractivity contribution in [2.24, 2.45) is 11.1 Å². The molecule has 1 fully saturated rings. The third kappa shape index (κ3) is 2.38. The summed E-state index contributed by atoms with van der Waals surface area (Å²) in [6, 6.07) is 9.34. The highest BCUT2D eigenvalue weighted by molar-refractivity contribution is 6.02. The molecule has 5 heteroatoms. The van der Waals surface area contributed by atoms with Gasteiger partial charge < -0.3 is 15.2 Å². The minimum Gasteiger partial charge on any atom is -0.465 e. The molecule has 0 aromatic heterocycles. The Kier molecular flexibility index (Phi) is 3.27. The number of benzene rings is 1. The van der Waals surface area contributed by atoms with E-state index in [2.05, 4.69) is 5.16 Å². The maximum atomic E-state index is 10.8. The van der Waals surface area contributed by atoms with Crippen LogP contribution in [0.1, 0.15) is 12.0 Å². The van der Waals surface area contributed by atoms with Crippen LogP contribution in [0.15, 0.2) is 35.5 Å². The molecule has 0 radical (unpaired) electrons. The Labute approximate surface area is 99.0 Å². The number of oxime groups is 1. The van der Waals surface area contributed by atoms with Gasteiger partial charge in [0.2, 0.25) is 0 Å². The molecule has 0 aliphatic carbocycles. The number of carboxylic acid groups (broad SMARTS) is 1. The molecule has 1 amide bonds. The standard InChI is InChI=1S/C12H14N2O3/c15-12(16)14-7-6-10(8-14)11(13-17)9-4-2-1-3-5-9/h1-5,10,17H,6-8H2,(H,15,16)/b13-11+/t10-/m1/s1. The predicted molar refractivity (Wildman–Crippen MR) is 62.5 cm³/mol. The molecule has 0 unspecified atom stereocenters. The molecule has 0 saturated carbocycles. The Hall–Kier alpha value is -2.04. The SMILES string of the molecule is O=C(O)N1CC[C@@H](/C(=N/O)c2ccccc2)C1. The number of rotatable bonds is 2. The fourth-order valence-electron chi connectivity index (χ4n) is 2.14. The van der Waals surface area contributed by atoms with Gasteiger partial charge in [0.05, 0.1) is 5.71 Å². The first-order valence-electron chi connectivity index (χ1n) is 5.47. The Balaban J connectivity index is 2.15. The van der Waals surface area contributed by atoms with Gasteiger partial charge in [-0.05, 0) is 12.0 Å². The second-order valence-electron chi connectivity index (χ2n) is 4.07. The van der Waals surface area contributed by atoms with E-state index in [1.165, 1.54) is 4.90 Å². The Morgan fingerprint density at radius 3 is 2.59 bits per heavy atom. The molecule has 90 valence electrons. The third-order valence-corrected chi connectivity index (χ3v) is 3.02. The Morgan fingerprint density at radius 2 is 2.06 bits per heavy atom. The van der Waals surface area contributed by atoms with E-state index in [1.807, 2.05) is 30.3 Å². The quantitative estimate of drug-likeness (QED) is 0.466. The molecule has 1 aromatic carbocycles. The second kappa shape index (κ2) is 4.86. The lowest BCUT2D eigenvalue weighted by Crippen LogP contribution is -2.28. The highest BCUT2D eigenvalue weighted by Gasteiger charge is 2.30. The van der Waals surface area contributed by atoms with Crippen molar-refractivity contribution in [2.45, 2.75) is 6.42 Å². The number of amides is 1.